The number of terminal acetylenes is 1. The van der Waals surface area contributed by atoms with Gasteiger partial charge < -0.3 is 5.11 Å². The fraction of sp³-hybridized carbons (Fsp3) is 0.773. The van der Waals surface area contributed by atoms with Crippen LogP contribution in [0.1, 0.15) is 72.1 Å². The molecule has 0 spiro atoms. The first-order valence-corrected chi connectivity index (χ1v) is 9.48. The predicted octanol–water partition coefficient (Wildman–Crippen LogP) is 4.52. The molecule has 2 nitrogen and oxygen atoms in total. The van der Waals surface area contributed by atoms with E-state index < -0.39 is 5.60 Å². The number of carbonyl (C=O) groups is 1. The van der Waals surface area contributed by atoms with Crippen LogP contribution >= 0.6 is 0 Å². The summed E-state index contributed by atoms with van der Waals surface area (Å²) in [5.74, 6) is 5.73. The molecule has 24 heavy (non-hydrogen) atoms. The molecule has 0 bridgehead atoms. The minimum absolute atomic E-state index is 0. The summed E-state index contributed by atoms with van der Waals surface area (Å²) in [6.45, 7) is 2.22. The third-order valence-electron chi connectivity index (χ3n) is 8.02. The van der Waals surface area contributed by atoms with E-state index >= 15 is 0 Å². The van der Waals surface area contributed by atoms with Crippen LogP contribution in [0, 0.1) is 41.4 Å². The van der Waals surface area contributed by atoms with Gasteiger partial charge in [0.2, 0.25) is 0 Å². The molecular weight excluding hydrogens is 296 g/mol. The number of carbonyl (C=O) groups excluding carboxylic acids is 1. The molecule has 0 aromatic heterocycles. The molecule has 4 rings (SSSR count). The number of hydrogen-bond donors (Lipinski definition) is 1. The lowest BCUT2D eigenvalue weighted by Crippen LogP contribution is -2.53. The first-order chi connectivity index (χ1) is 11.0. The highest BCUT2D eigenvalue weighted by Crippen LogP contribution is 2.66. The van der Waals surface area contributed by atoms with Crippen molar-refractivity contribution < 1.29 is 9.90 Å². The van der Waals surface area contributed by atoms with Crippen molar-refractivity contribution in [3.05, 3.63) is 11.6 Å². The van der Waals surface area contributed by atoms with Crippen LogP contribution in [-0.4, -0.2) is 16.5 Å². The van der Waals surface area contributed by atoms with Crippen molar-refractivity contribution in [2.24, 2.45) is 29.1 Å². The number of ketones is 1. The Kier molecular flexibility index (Phi) is 4.45. The molecule has 0 aromatic rings. The summed E-state index contributed by atoms with van der Waals surface area (Å²) in [4.78, 5) is 11.8. The van der Waals surface area contributed by atoms with Crippen molar-refractivity contribution in [1.82, 2.24) is 0 Å². The van der Waals surface area contributed by atoms with Gasteiger partial charge >= 0.3 is 0 Å². The summed E-state index contributed by atoms with van der Waals surface area (Å²) >= 11 is 0. The Morgan fingerprint density at radius 3 is 2.71 bits per heavy atom. The summed E-state index contributed by atoms with van der Waals surface area (Å²) in [6, 6.07) is 0. The lowest BCUT2D eigenvalue weighted by molar-refractivity contribution is -0.117. The summed E-state index contributed by atoms with van der Waals surface area (Å²) < 4.78 is 0. The van der Waals surface area contributed by atoms with Crippen LogP contribution in [-0.2, 0) is 4.79 Å². The molecule has 6 atom stereocenters. The van der Waals surface area contributed by atoms with E-state index in [9.17, 15) is 9.90 Å². The smallest absolute Gasteiger partial charge is 0.155 e. The first-order valence-electron chi connectivity index (χ1n) is 9.48. The average Bonchev–Trinajstić information content (AvgIpc) is 2.88. The van der Waals surface area contributed by atoms with Crippen LogP contribution in [0.25, 0.3) is 0 Å². The summed E-state index contributed by atoms with van der Waals surface area (Å²) in [7, 11) is 0. The third-order valence-corrected chi connectivity index (χ3v) is 8.02. The third kappa shape index (κ3) is 2.17. The Hall–Kier alpha value is -1.07. The molecule has 132 valence electrons. The predicted molar refractivity (Wildman–Crippen MR) is 97.2 cm³/mol. The average molecular weight is 328 g/mol. The second kappa shape index (κ2) is 6.03. The highest BCUT2D eigenvalue weighted by Gasteiger charge is 2.63. The normalized spacial score (nSPS) is 46.7. The fourth-order valence-electron chi connectivity index (χ4n) is 6.96. The van der Waals surface area contributed by atoms with E-state index in [0.29, 0.717) is 29.5 Å². The molecule has 3 saturated carbocycles. The number of hydrogen-bond acceptors (Lipinski definition) is 2. The van der Waals surface area contributed by atoms with Gasteiger partial charge in [-0.1, -0.05) is 25.8 Å². The molecular formula is C22H32O2. The second-order valence-electron chi connectivity index (χ2n) is 8.40. The largest absolute Gasteiger partial charge is 0.377 e. The summed E-state index contributed by atoms with van der Waals surface area (Å²) in [5, 5.41) is 11.1. The van der Waals surface area contributed by atoms with Crippen molar-refractivity contribution in [1.29, 1.82) is 0 Å². The lowest BCUT2D eigenvalue weighted by atomic mass is 9.49. The maximum atomic E-state index is 11.8. The maximum Gasteiger partial charge on any atom is 0.155 e. The van der Waals surface area contributed by atoms with Crippen molar-refractivity contribution in [3.63, 3.8) is 0 Å². The number of rotatable bonds is 1. The molecule has 0 radical (unpaired) electrons. The van der Waals surface area contributed by atoms with Gasteiger partial charge in [-0.15, -0.1) is 6.42 Å². The van der Waals surface area contributed by atoms with E-state index in [1.54, 1.807) is 0 Å². The zero-order chi connectivity index (χ0) is 16.2. The molecule has 0 amide bonds. The lowest BCUT2D eigenvalue weighted by Gasteiger charge is -2.55. The van der Waals surface area contributed by atoms with Crippen molar-refractivity contribution in [3.8, 4) is 12.3 Å². The van der Waals surface area contributed by atoms with E-state index in [2.05, 4.69) is 12.8 Å². The van der Waals surface area contributed by atoms with E-state index in [1.807, 2.05) is 6.08 Å². The Morgan fingerprint density at radius 1 is 1.21 bits per heavy atom. The molecule has 0 unspecified atom stereocenters. The molecule has 4 aliphatic carbocycles. The molecule has 0 saturated heterocycles. The van der Waals surface area contributed by atoms with Crippen LogP contribution in [0.4, 0.5) is 0 Å². The maximum absolute atomic E-state index is 11.8. The monoisotopic (exact) mass is 328 g/mol. The standard InChI is InChI=1S/C21H28O2.CH4/c1-3-20-11-9-17-16-8-6-15(22)13-14(16)5-7-18(17)19(20)10-12-21(20,23)4-2;/h2,13,16-19,23H,3,5-12H2,1H3;1H4/t16-,17+,18+,19-,20-,21-;/m0./s1. The van der Waals surface area contributed by atoms with E-state index in [0.717, 1.165) is 44.9 Å². The van der Waals surface area contributed by atoms with Crippen LogP contribution in [0.2, 0.25) is 0 Å². The zero-order valence-electron chi connectivity index (χ0n) is 14.2. The Labute approximate surface area is 147 Å². The topological polar surface area (TPSA) is 37.3 Å². The number of fused-ring (bicyclic) bond motifs is 5. The SMILES string of the molecule is C.C#C[C@]1(O)CC[C@H]2[C@@H]3CCC4=CC(=O)CC[C@@H]4[C@H]3CC[C@@]21CC. The Bertz CT molecular complexity index is 598. The van der Waals surface area contributed by atoms with E-state index in [1.165, 1.54) is 18.4 Å². The summed E-state index contributed by atoms with van der Waals surface area (Å²) in [5.41, 5.74) is 0.474. The highest BCUT2D eigenvalue weighted by molar-refractivity contribution is 5.91. The molecule has 1 N–H and O–H groups in total. The van der Waals surface area contributed by atoms with Crippen LogP contribution < -0.4 is 0 Å². The van der Waals surface area contributed by atoms with E-state index in [4.69, 9.17) is 6.42 Å². The fourth-order valence-corrected chi connectivity index (χ4v) is 6.96. The van der Waals surface area contributed by atoms with Crippen LogP contribution in [0.15, 0.2) is 11.6 Å². The van der Waals surface area contributed by atoms with Gasteiger partial charge in [-0.2, -0.15) is 0 Å². The van der Waals surface area contributed by atoms with Crippen molar-refractivity contribution in [2.75, 3.05) is 0 Å². The van der Waals surface area contributed by atoms with E-state index in [-0.39, 0.29) is 12.8 Å². The van der Waals surface area contributed by atoms with Crippen LogP contribution in [0.3, 0.4) is 0 Å². The molecule has 0 aliphatic heterocycles. The van der Waals surface area contributed by atoms with Gasteiger partial charge in [0.1, 0.15) is 5.60 Å². The second-order valence-corrected chi connectivity index (χ2v) is 8.40. The minimum atomic E-state index is -0.893. The van der Waals surface area contributed by atoms with Gasteiger partial charge in [0.25, 0.3) is 0 Å². The van der Waals surface area contributed by atoms with Crippen molar-refractivity contribution in [2.45, 2.75) is 77.7 Å². The van der Waals surface area contributed by atoms with Gasteiger partial charge in [0, 0.05) is 11.8 Å². The Morgan fingerprint density at radius 2 is 2.00 bits per heavy atom. The molecule has 0 heterocycles. The molecule has 0 aromatic carbocycles. The first kappa shape index (κ1) is 17.7. The van der Waals surface area contributed by atoms with Gasteiger partial charge in [-0.25, -0.2) is 0 Å². The van der Waals surface area contributed by atoms with Gasteiger partial charge in [0.15, 0.2) is 5.78 Å². The quantitative estimate of drug-likeness (QED) is 0.719. The van der Waals surface area contributed by atoms with Crippen LogP contribution in [0.5, 0.6) is 0 Å². The zero-order valence-corrected chi connectivity index (χ0v) is 14.2. The van der Waals surface area contributed by atoms with Gasteiger partial charge in [0.05, 0.1) is 0 Å². The Balaban J connectivity index is 0.00000169. The number of aliphatic hydroxyl groups is 1. The minimum Gasteiger partial charge on any atom is -0.377 e. The van der Waals surface area contributed by atoms with Gasteiger partial charge in [-0.3, -0.25) is 4.79 Å². The van der Waals surface area contributed by atoms with Gasteiger partial charge in [-0.05, 0) is 81.1 Å². The molecule has 2 heteroatoms. The van der Waals surface area contributed by atoms with Crippen molar-refractivity contribution >= 4 is 5.78 Å². The number of allylic oxidation sites excluding steroid dienone is 1. The molecule has 3 fully saturated rings. The molecule has 4 aliphatic rings. The summed E-state index contributed by atoms with van der Waals surface area (Å²) in [6.07, 6.45) is 16.9. The highest BCUT2D eigenvalue weighted by atomic mass is 16.3.